The Morgan fingerprint density at radius 2 is 2.03 bits per heavy atom. The lowest BCUT2D eigenvalue weighted by Gasteiger charge is -2.19. The monoisotopic (exact) mass is 408 g/mol. The molecule has 0 radical (unpaired) electrons. The van der Waals surface area contributed by atoms with E-state index in [-0.39, 0.29) is 23.4 Å². The molecule has 2 atom stereocenters. The summed E-state index contributed by atoms with van der Waals surface area (Å²) in [4.78, 5) is 40.9. The Balaban J connectivity index is 2.01. The first-order valence-corrected chi connectivity index (χ1v) is 9.28. The summed E-state index contributed by atoms with van der Waals surface area (Å²) in [5.74, 6) is 0.116. The number of imidazole rings is 1. The number of aryl methyl sites for hydroxylation is 1. The zero-order valence-corrected chi connectivity index (χ0v) is 16.8. The molecule has 10 nitrogen and oxygen atoms in total. The SMILES string of the molecule is [2H]C([2H])([2H])n1c(=O)n([C@@H]2CC[C@@H](NC(=O)OC)C2)c2cc(NC(=O)OC(C)(C)C)ncc21. The van der Waals surface area contributed by atoms with Crippen molar-refractivity contribution in [1.29, 1.82) is 0 Å². The number of fused-ring (bicyclic) bond motifs is 1. The lowest BCUT2D eigenvalue weighted by Crippen LogP contribution is -2.33. The van der Waals surface area contributed by atoms with Crippen LogP contribution in [0.3, 0.4) is 0 Å². The van der Waals surface area contributed by atoms with Crippen LogP contribution in [-0.4, -0.2) is 45.1 Å². The summed E-state index contributed by atoms with van der Waals surface area (Å²) < 4.78 is 35.3. The third kappa shape index (κ3) is 4.52. The van der Waals surface area contributed by atoms with E-state index in [1.807, 2.05) is 0 Å². The Kier molecular flexibility index (Phi) is 4.52. The highest BCUT2D eigenvalue weighted by atomic mass is 16.6. The second kappa shape index (κ2) is 7.76. The zero-order valence-electron chi connectivity index (χ0n) is 19.8. The molecule has 1 fully saturated rings. The van der Waals surface area contributed by atoms with E-state index in [1.165, 1.54) is 23.9 Å². The van der Waals surface area contributed by atoms with Crippen LogP contribution < -0.4 is 16.3 Å². The number of alkyl carbamates (subject to hydrolysis) is 1. The molecule has 3 rings (SSSR count). The predicted octanol–water partition coefficient (Wildman–Crippen LogP) is 2.53. The Morgan fingerprint density at radius 1 is 1.28 bits per heavy atom. The van der Waals surface area contributed by atoms with Gasteiger partial charge in [-0.05, 0) is 40.0 Å². The van der Waals surface area contributed by atoms with Gasteiger partial charge in [-0.15, -0.1) is 0 Å². The van der Waals surface area contributed by atoms with Crippen molar-refractivity contribution in [2.45, 2.75) is 57.7 Å². The van der Waals surface area contributed by atoms with Crippen LogP contribution >= 0.6 is 0 Å². The molecule has 1 saturated carbocycles. The van der Waals surface area contributed by atoms with Crippen LogP contribution in [0.15, 0.2) is 17.1 Å². The number of nitrogens with one attached hydrogen (secondary N) is 2. The van der Waals surface area contributed by atoms with Crippen molar-refractivity contribution in [3.05, 3.63) is 22.7 Å². The van der Waals surface area contributed by atoms with Crippen molar-refractivity contribution >= 4 is 29.0 Å². The Labute approximate surface area is 172 Å². The van der Waals surface area contributed by atoms with Crippen LogP contribution in [0.25, 0.3) is 11.0 Å². The molecule has 2 N–H and O–H groups in total. The molecular formula is C19H27N5O5. The predicted molar refractivity (Wildman–Crippen MR) is 107 cm³/mol. The van der Waals surface area contributed by atoms with Gasteiger partial charge in [0.15, 0.2) is 0 Å². The first-order chi connectivity index (χ1) is 14.8. The summed E-state index contributed by atoms with van der Waals surface area (Å²) in [6, 6.07) is 0.878. The molecule has 0 saturated heterocycles. The second-order valence-corrected chi connectivity index (χ2v) is 7.97. The average Bonchev–Trinajstić information content (AvgIpc) is 3.20. The minimum atomic E-state index is -2.72. The van der Waals surface area contributed by atoms with Gasteiger partial charge in [0.2, 0.25) is 0 Å². The lowest BCUT2D eigenvalue weighted by molar-refractivity contribution is 0.0635. The van der Waals surface area contributed by atoms with Gasteiger partial charge in [0.25, 0.3) is 0 Å². The number of amides is 2. The number of anilines is 1. The molecule has 0 aromatic carbocycles. The standard InChI is InChI=1S/C19H27N5O5/c1-19(2,3)29-17(26)22-15-9-13-14(10-20-15)23(4)18(27)24(13)12-7-6-11(8-12)21-16(25)28-5/h9-12H,6-8H2,1-5H3,(H,21,25)(H,20,22,26)/t11-,12-/m1/s1/i4D3. The molecule has 158 valence electrons. The van der Waals surface area contributed by atoms with Crippen LogP contribution in [0.2, 0.25) is 0 Å². The molecule has 2 aromatic rings. The first kappa shape index (κ1) is 16.9. The van der Waals surface area contributed by atoms with Crippen molar-refractivity contribution in [1.82, 2.24) is 19.4 Å². The quantitative estimate of drug-likeness (QED) is 0.806. The number of ether oxygens (including phenoxy) is 2. The number of methoxy groups -OCH3 is 1. The largest absolute Gasteiger partial charge is 0.453 e. The van der Waals surface area contributed by atoms with Gasteiger partial charge in [0, 0.05) is 29.2 Å². The number of hydrogen-bond acceptors (Lipinski definition) is 6. The normalized spacial score (nSPS) is 21.2. The van der Waals surface area contributed by atoms with Crippen LogP contribution in [0.1, 0.15) is 50.2 Å². The fourth-order valence-electron chi connectivity index (χ4n) is 3.49. The van der Waals surface area contributed by atoms with Gasteiger partial charge in [-0.2, -0.15) is 0 Å². The summed E-state index contributed by atoms with van der Waals surface area (Å²) in [7, 11) is 1.27. The number of pyridine rings is 1. The molecule has 29 heavy (non-hydrogen) atoms. The smallest absolute Gasteiger partial charge is 0.413 e. The van der Waals surface area contributed by atoms with Crippen LogP contribution in [0.5, 0.6) is 0 Å². The molecule has 2 aromatic heterocycles. The molecule has 2 amide bonds. The van der Waals surface area contributed by atoms with Crippen LogP contribution in [-0.2, 0) is 16.4 Å². The Bertz CT molecular complexity index is 1090. The maximum Gasteiger partial charge on any atom is 0.413 e. The van der Waals surface area contributed by atoms with Crippen LogP contribution in [0, 0.1) is 0 Å². The van der Waals surface area contributed by atoms with E-state index >= 15 is 0 Å². The Morgan fingerprint density at radius 3 is 2.69 bits per heavy atom. The van der Waals surface area contributed by atoms with E-state index in [9.17, 15) is 14.4 Å². The lowest BCUT2D eigenvalue weighted by atomic mass is 10.2. The van der Waals surface area contributed by atoms with Crippen molar-refractivity contribution in [3.63, 3.8) is 0 Å². The molecule has 0 bridgehead atoms. The third-order valence-corrected chi connectivity index (χ3v) is 4.67. The topological polar surface area (TPSA) is 116 Å². The zero-order chi connectivity index (χ0) is 23.8. The van der Waals surface area contributed by atoms with Gasteiger partial charge in [-0.25, -0.2) is 19.4 Å². The highest BCUT2D eigenvalue weighted by molar-refractivity contribution is 5.87. The van der Waals surface area contributed by atoms with Crippen molar-refractivity contribution in [2.24, 2.45) is 6.98 Å². The minimum absolute atomic E-state index is 0.116. The molecule has 0 aliphatic heterocycles. The number of carbonyl (C=O) groups is 2. The van der Waals surface area contributed by atoms with Crippen molar-refractivity contribution in [2.75, 3.05) is 12.4 Å². The highest BCUT2D eigenvalue weighted by Gasteiger charge is 2.30. The van der Waals surface area contributed by atoms with E-state index in [2.05, 4.69) is 20.4 Å². The summed E-state index contributed by atoms with van der Waals surface area (Å²) in [6.07, 6.45) is 1.52. The van der Waals surface area contributed by atoms with E-state index in [0.717, 1.165) is 0 Å². The number of nitrogens with zero attached hydrogens (tertiary/aromatic N) is 3. The van der Waals surface area contributed by atoms with Gasteiger partial charge >= 0.3 is 17.9 Å². The summed E-state index contributed by atoms with van der Waals surface area (Å²) in [5.41, 5.74) is -0.989. The fraction of sp³-hybridized carbons (Fsp3) is 0.579. The van der Waals surface area contributed by atoms with Crippen LogP contribution in [0.4, 0.5) is 15.4 Å². The number of rotatable bonds is 3. The number of hydrogen-bond donors (Lipinski definition) is 2. The molecule has 1 aliphatic rings. The maximum absolute atomic E-state index is 13.1. The molecule has 1 aliphatic carbocycles. The Hall–Kier alpha value is -3.04. The van der Waals surface area contributed by atoms with E-state index < -0.39 is 30.5 Å². The van der Waals surface area contributed by atoms with E-state index in [4.69, 9.17) is 8.85 Å². The molecule has 0 unspecified atom stereocenters. The minimum Gasteiger partial charge on any atom is -0.453 e. The summed E-state index contributed by atoms with van der Waals surface area (Å²) >= 11 is 0. The van der Waals surface area contributed by atoms with Crippen molar-refractivity contribution in [3.8, 4) is 0 Å². The van der Waals surface area contributed by atoms with E-state index in [1.54, 1.807) is 20.8 Å². The molecule has 0 spiro atoms. The van der Waals surface area contributed by atoms with Gasteiger partial charge in [0.05, 0.1) is 24.3 Å². The highest BCUT2D eigenvalue weighted by Crippen LogP contribution is 2.32. The van der Waals surface area contributed by atoms with Gasteiger partial charge < -0.3 is 14.8 Å². The summed E-state index contributed by atoms with van der Waals surface area (Å²) in [5, 5.41) is 5.22. The maximum atomic E-state index is 13.1. The van der Waals surface area contributed by atoms with E-state index in [0.29, 0.717) is 29.3 Å². The molecular weight excluding hydrogens is 378 g/mol. The van der Waals surface area contributed by atoms with Gasteiger partial charge in [-0.1, -0.05) is 0 Å². The number of aromatic nitrogens is 3. The molecule has 10 heteroatoms. The van der Waals surface area contributed by atoms with Gasteiger partial charge in [0.1, 0.15) is 11.4 Å². The van der Waals surface area contributed by atoms with Gasteiger partial charge in [-0.3, -0.25) is 14.5 Å². The molecule has 2 heterocycles. The van der Waals surface area contributed by atoms with Crippen molar-refractivity contribution < 1.29 is 23.2 Å². The third-order valence-electron chi connectivity index (χ3n) is 4.67. The first-order valence-electron chi connectivity index (χ1n) is 10.8. The summed E-state index contributed by atoms with van der Waals surface area (Å²) in [6.45, 7) is 2.44. The average molecular weight is 408 g/mol. The fourth-order valence-corrected chi connectivity index (χ4v) is 3.49. The second-order valence-electron chi connectivity index (χ2n) is 7.97. The number of carbonyl (C=O) groups excluding carboxylic acids is 2.